The number of anilines is 3. The summed E-state index contributed by atoms with van der Waals surface area (Å²) >= 11 is 0. The second-order valence-electron chi connectivity index (χ2n) is 8.39. The molecule has 0 aliphatic carbocycles. The van der Waals surface area contributed by atoms with Crippen LogP contribution in [0.15, 0.2) is 128 Å². The second kappa shape index (κ2) is 12.2. The quantitative estimate of drug-likeness (QED) is 0.125. The molecule has 0 atom stereocenters. The Hall–Kier alpha value is -5.10. The molecule has 0 radical (unpaired) electrons. The summed E-state index contributed by atoms with van der Waals surface area (Å²) in [6, 6.07) is 32.2. The van der Waals surface area contributed by atoms with Gasteiger partial charge in [-0.3, -0.25) is 0 Å². The van der Waals surface area contributed by atoms with Crippen molar-refractivity contribution in [3.8, 4) is 17.2 Å². The van der Waals surface area contributed by atoms with E-state index in [-0.39, 0.29) is 6.61 Å². The fourth-order valence-electron chi connectivity index (χ4n) is 3.55. The number of para-hydroxylation sites is 1. The molecule has 190 valence electrons. The average Bonchev–Trinajstić information content (AvgIpc) is 2.95. The third-order valence-corrected chi connectivity index (χ3v) is 5.47. The van der Waals surface area contributed by atoms with Gasteiger partial charge in [-0.05, 0) is 85.3 Å². The van der Waals surface area contributed by atoms with Crippen LogP contribution >= 0.6 is 0 Å². The van der Waals surface area contributed by atoms with Gasteiger partial charge >= 0.3 is 11.9 Å². The molecule has 0 unspecified atom stereocenters. The van der Waals surface area contributed by atoms with Gasteiger partial charge in [0.15, 0.2) is 0 Å². The zero-order valence-electron chi connectivity index (χ0n) is 21.0. The Morgan fingerprint density at radius 1 is 0.737 bits per heavy atom. The second-order valence-corrected chi connectivity index (χ2v) is 8.39. The molecule has 0 saturated heterocycles. The standard InChI is InChI=1S/C32H27NO5/c1-4-31(34)36-22-24-10-12-25(13-11-24)33(27-16-20-30(21-17-27)38-32(35)23(2)3)26-14-18-29(19-15-26)37-28-8-6-5-7-9-28/h4-21H,1-2,22H2,3H3. The molecule has 38 heavy (non-hydrogen) atoms. The summed E-state index contributed by atoms with van der Waals surface area (Å²) in [5, 5.41) is 0. The Labute approximate surface area is 222 Å². The van der Waals surface area contributed by atoms with Crippen molar-refractivity contribution in [1.82, 2.24) is 0 Å². The lowest BCUT2D eigenvalue weighted by Crippen LogP contribution is -2.11. The predicted octanol–water partition coefficient (Wildman–Crippen LogP) is 7.66. The Kier molecular flexibility index (Phi) is 8.36. The van der Waals surface area contributed by atoms with Crippen molar-refractivity contribution in [2.75, 3.05) is 4.90 Å². The molecule has 0 aromatic heterocycles. The van der Waals surface area contributed by atoms with Crippen LogP contribution in [0.2, 0.25) is 0 Å². The largest absolute Gasteiger partial charge is 0.458 e. The SMILES string of the molecule is C=CC(=O)OCc1ccc(N(c2ccc(OC(=O)C(=C)C)cc2)c2ccc(Oc3ccccc3)cc2)cc1. The summed E-state index contributed by atoms with van der Waals surface area (Å²) in [6.07, 6.45) is 1.14. The van der Waals surface area contributed by atoms with Crippen molar-refractivity contribution in [2.24, 2.45) is 0 Å². The van der Waals surface area contributed by atoms with Crippen LogP contribution in [0.1, 0.15) is 12.5 Å². The van der Waals surface area contributed by atoms with Crippen LogP contribution in [0.3, 0.4) is 0 Å². The van der Waals surface area contributed by atoms with E-state index >= 15 is 0 Å². The Morgan fingerprint density at radius 3 is 1.76 bits per heavy atom. The van der Waals surface area contributed by atoms with Crippen LogP contribution in [-0.4, -0.2) is 11.9 Å². The molecule has 0 aliphatic rings. The van der Waals surface area contributed by atoms with E-state index < -0.39 is 11.9 Å². The van der Waals surface area contributed by atoms with Gasteiger partial charge in [0.05, 0.1) is 0 Å². The van der Waals surface area contributed by atoms with Gasteiger partial charge in [-0.15, -0.1) is 0 Å². The maximum atomic E-state index is 11.9. The summed E-state index contributed by atoms with van der Waals surface area (Å²) in [5.41, 5.74) is 3.79. The number of ether oxygens (including phenoxy) is 3. The van der Waals surface area contributed by atoms with Crippen LogP contribution in [0.5, 0.6) is 17.2 Å². The van der Waals surface area contributed by atoms with E-state index in [2.05, 4.69) is 18.1 Å². The van der Waals surface area contributed by atoms with Gasteiger partial charge in [-0.25, -0.2) is 9.59 Å². The molecule has 6 nitrogen and oxygen atoms in total. The fourth-order valence-corrected chi connectivity index (χ4v) is 3.55. The third-order valence-electron chi connectivity index (χ3n) is 5.47. The fraction of sp³-hybridized carbons (Fsp3) is 0.0625. The van der Waals surface area contributed by atoms with E-state index in [0.717, 1.165) is 34.5 Å². The molecule has 0 fully saturated rings. The highest BCUT2D eigenvalue weighted by Crippen LogP contribution is 2.36. The maximum absolute atomic E-state index is 11.9. The number of carbonyl (C=O) groups is 2. The van der Waals surface area contributed by atoms with Crippen LogP contribution in [0.25, 0.3) is 0 Å². The zero-order chi connectivity index (χ0) is 26.9. The first-order valence-corrected chi connectivity index (χ1v) is 11.9. The average molecular weight is 506 g/mol. The van der Waals surface area contributed by atoms with Gasteiger partial charge in [0.2, 0.25) is 0 Å². The summed E-state index contributed by atoms with van der Waals surface area (Å²) < 4.78 is 16.4. The molecule has 6 heteroatoms. The third kappa shape index (κ3) is 6.77. The van der Waals surface area contributed by atoms with Gasteiger partial charge < -0.3 is 19.1 Å². The first-order chi connectivity index (χ1) is 18.4. The van der Waals surface area contributed by atoms with E-state index in [1.54, 1.807) is 19.1 Å². The highest BCUT2D eigenvalue weighted by Gasteiger charge is 2.14. The van der Waals surface area contributed by atoms with E-state index in [4.69, 9.17) is 14.2 Å². The van der Waals surface area contributed by atoms with Crippen LogP contribution in [0, 0.1) is 0 Å². The lowest BCUT2D eigenvalue weighted by molar-refractivity contribution is -0.139. The molecule has 4 rings (SSSR count). The van der Waals surface area contributed by atoms with E-state index in [0.29, 0.717) is 17.1 Å². The Balaban J connectivity index is 1.62. The van der Waals surface area contributed by atoms with Crippen molar-refractivity contribution in [1.29, 1.82) is 0 Å². The van der Waals surface area contributed by atoms with Gasteiger partial charge in [0, 0.05) is 28.7 Å². The minimum Gasteiger partial charge on any atom is -0.458 e. The van der Waals surface area contributed by atoms with Crippen molar-refractivity contribution in [2.45, 2.75) is 13.5 Å². The molecule has 0 heterocycles. The number of rotatable bonds is 10. The first-order valence-electron chi connectivity index (χ1n) is 11.9. The summed E-state index contributed by atoms with van der Waals surface area (Å²) in [5.74, 6) is 0.941. The molecular weight excluding hydrogens is 478 g/mol. The molecule has 0 saturated carbocycles. The summed E-state index contributed by atoms with van der Waals surface area (Å²) in [4.78, 5) is 25.4. The molecule has 4 aromatic carbocycles. The lowest BCUT2D eigenvalue weighted by Gasteiger charge is -2.26. The highest BCUT2D eigenvalue weighted by atomic mass is 16.5. The van der Waals surface area contributed by atoms with Gasteiger partial charge in [-0.1, -0.05) is 43.5 Å². The van der Waals surface area contributed by atoms with Crippen molar-refractivity contribution in [3.05, 3.63) is 133 Å². The Bertz CT molecular complexity index is 1410. The smallest absolute Gasteiger partial charge is 0.338 e. The summed E-state index contributed by atoms with van der Waals surface area (Å²) in [7, 11) is 0. The number of carbonyl (C=O) groups excluding carboxylic acids is 2. The molecule has 0 aliphatic heterocycles. The van der Waals surface area contributed by atoms with Gasteiger partial charge in [-0.2, -0.15) is 0 Å². The molecule has 0 N–H and O–H groups in total. The maximum Gasteiger partial charge on any atom is 0.338 e. The Morgan fingerprint density at radius 2 is 1.24 bits per heavy atom. The zero-order valence-corrected chi connectivity index (χ0v) is 21.0. The molecule has 0 bridgehead atoms. The number of hydrogen-bond donors (Lipinski definition) is 0. The molecule has 4 aromatic rings. The number of esters is 2. The van der Waals surface area contributed by atoms with Crippen LogP contribution < -0.4 is 14.4 Å². The molecule has 0 spiro atoms. The van der Waals surface area contributed by atoms with Crippen molar-refractivity contribution < 1.29 is 23.8 Å². The van der Waals surface area contributed by atoms with E-state index in [1.807, 2.05) is 91.0 Å². The molecular formula is C32H27NO5. The normalized spacial score (nSPS) is 10.2. The van der Waals surface area contributed by atoms with E-state index in [9.17, 15) is 9.59 Å². The van der Waals surface area contributed by atoms with Crippen LogP contribution in [0.4, 0.5) is 17.1 Å². The first kappa shape index (κ1) is 26.0. The highest BCUT2D eigenvalue weighted by molar-refractivity contribution is 5.89. The van der Waals surface area contributed by atoms with Crippen LogP contribution in [-0.2, 0) is 20.9 Å². The number of benzene rings is 4. The number of nitrogens with zero attached hydrogens (tertiary/aromatic N) is 1. The number of hydrogen-bond acceptors (Lipinski definition) is 6. The van der Waals surface area contributed by atoms with Crippen molar-refractivity contribution in [3.63, 3.8) is 0 Å². The summed E-state index contributed by atoms with van der Waals surface area (Å²) in [6.45, 7) is 8.79. The topological polar surface area (TPSA) is 65.1 Å². The van der Waals surface area contributed by atoms with Gasteiger partial charge in [0.25, 0.3) is 0 Å². The predicted molar refractivity (Wildman–Crippen MR) is 148 cm³/mol. The monoisotopic (exact) mass is 505 g/mol. The van der Waals surface area contributed by atoms with Crippen molar-refractivity contribution >= 4 is 29.0 Å². The molecule has 0 amide bonds. The van der Waals surface area contributed by atoms with E-state index in [1.165, 1.54) is 0 Å². The minimum atomic E-state index is -0.476. The minimum absolute atomic E-state index is 0.152. The lowest BCUT2D eigenvalue weighted by atomic mass is 10.1. The van der Waals surface area contributed by atoms with Gasteiger partial charge in [0.1, 0.15) is 23.9 Å².